The van der Waals surface area contributed by atoms with Gasteiger partial charge in [0.15, 0.2) is 29.5 Å². The van der Waals surface area contributed by atoms with Gasteiger partial charge in [-0.05, 0) is 24.1 Å². The number of carbonyl (C=O) groups is 4. The fraction of sp³-hybridized carbons (Fsp3) is 0.423. The standard InChI is InChI=1S/C26H28O11/c1-13(27)33-22-21-20(31)12-19(11-8-17-6-9-18(32-5)10-7-17)37-23(21)25(35-15(3)29)26(36-16(4)30)24(22)34-14(2)28/h6-7,9-10,12,22,24-26H,8,11H2,1-5H3/t22-,24+,25+,26+/m0/s1. The monoisotopic (exact) mass is 516 g/mol. The molecule has 1 aliphatic rings. The van der Waals surface area contributed by atoms with Crippen LogP contribution in [0.5, 0.6) is 5.75 Å². The minimum absolute atomic E-state index is 0.159. The maximum absolute atomic E-state index is 13.3. The van der Waals surface area contributed by atoms with E-state index in [9.17, 15) is 24.0 Å². The molecule has 11 heteroatoms. The average Bonchev–Trinajstić information content (AvgIpc) is 2.81. The Morgan fingerprint density at radius 3 is 1.78 bits per heavy atom. The lowest BCUT2D eigenvalue weighted by Gasteiger charge is -2.39. The third-order valence-corrected chi connectivity index (χ3v) is 5.54. The highest BCUT2D eigenvalue weighted by molar-refractivity contribution is 5.70. The molecular weight excluding hydrogens is 488 g/mol. The van der Waals surface area contributed by atoms with E-state index in [2.05, 4.69) is 0 Å². The van der Waals surface area contributed by atoms with Gasteiger partial charge < -0.3 is 28.1 Å². The molecule has 0 N–H and O–H groups in total. The molecule has 0 radical (unpaired) electrons. The molecule has 1 aromatic heterocycles. The molecule has 1 aromatic carbocycles. The van der Waals surface area contributed by atoms with Gasteiger partial charge in [0.2, 0.25) is 6.10 Å². The lowest BCUT2D eigenvalue weighted by Crippen LogP contribution is -2.50. The van der Waals surface area contributed by atoms with Crippen molar-refractivity contribution in [2.75, 3.05) is 7.11 Å². The lowest BCUT2D eigenvalue weighted by atomic mass is 9.86. The van der Waals surface area contributed by atoms with Gasteiger partial charge in [0.1, 0.15) is 11.5 Å². The summed E-state index contributed by atoms with van der Waals surface area (Å²) in [5, 5.41) is 0. The minimum Gasteiger partial charge on any atom is -0.497 e. The van der Waals surface area contributed by atoms with Crippen LogP contribution >= 0.6 is 0 Å². The molecule has 2 aromatic rings. The van der Waals surface area contributed by atoms with Crippen LogP contribution in [0.4, 0.5) is 0 Å². The van der Waals surface area contributed by atoms with E-state index in [0.29, 0.717) is 18.6 Å². The molecule has 0 aliphatic heterocycles. The van der Waals surface area contributed by atoms with Gasteiger partial charge in [-0.3, -0.25) is 24.0 Å². The smallest absolute Gasteiger partial charge is 0.303 e. The van der Waals surface area contributed by atoms with Gasteiger partial charge >= 0.3 is 23.9 Å². The van der Waals surface area contributed by atoms with Crippen molar-refractivity contribution < 1.29 is 47.3 Å². The number of fused-ring (bicyclic) bond motifs is 1. The van der Waals surface area contributed by atoms with Crippen molar-refractivity contribution in [2.24, 2.45) is 0 Å². The van der Waals surface area contributed by atoms with Crippen LogP contribution in [-0.2, 0) is 51.0 Å². The molecule has 0 amide bonds. The Balaban J connectivity index is 2.11. The Labute approximate surface area is 212 Å². The maximum atomic E-state index is 13.3. The zero-order valence-corrected chi connectivity index (χ0v) is 21.1. The minimum atomic E-state index is -1.48. The van der Waals surface area contributed by atoms with Crippen molar-refractivity contribution in [3.05, 3.63) is 63.2 Å². The molecule has 0 bridgehead atoms. The summed E-state index contributed by atoms with van der Waals surface area (Å²) >= 11 is 0. The van der Waals surface area contributed by atoms with Crippen molar-refractivity contribution in [2.45, 2.75) is 65.0 Å². The Kier molecular flexibility index (Phi) is 8.69. The van der Waals surface area contributed by atoms with Crippen LogP contribution in [0.25, 0.3) is 0 Å². The van der Waals surface area contributed by atoms with E-state index in [1.54, 1.807) is 19.2 Å². The number of benzene rings is 1. The zero-order valence-electron chi connectivity index (χ0n) is 21.1. The van der Waals surface area contributed by atoms with E-state index in [-0.39, 0.29) is 17.1 Å². The second kappa shape index (κ2) is 11.7. The molecule has 4 atom stereocenters. The third kappa shape index (κ3) is 6.75. The van der Waals surface area contributed by atoms with E-state index in [1.807, 2.05) is 12.1 Å². The van der Waals surface area contributed by atoms with E-state index in [4.69, 9.17) is 28.1 Å². The molecular formula is C26H28O11. The van der Waals surface area contributed by atoms with Gasteiger partial charge in [0.05, 0.1) is 12.7 Å². The van der Waals surface area contributed by atoms with Crippen LogP contribution in [0.15, 0.2) is 39.5 Å². The largest absolute Gasteiger partial charge is 0.497 e. The van der Waals surface area contributed by atoms with Gasteiger partial charge in [0.25, 0.3) is 0 Å². The maximum Gasteiger partial charge on any atom is 0.303 e. The summed E-state index contributed by atoms with van der Waals surface area (Å²) in [6.45, 7) is 4.42. The molecule has 0 saturated carbocycles. The van der Waals surface area contributed by atoms with E-state index in [0.717, 1.165) is 33.3 Å². The average molecular weight is 516 g/mol. The first-order valence-electron chi connectivity index (χ1n) is 11.5. The number of ether oxygens (including phenoxy) is 5. The molecule has 1 heterocycles. The zero-order chi connectivity index (χ0) is 27.3. The van der Waals surface area contributed by atoms with Crippen LogP contribution in [-0.4, -0.2) is 43.2 Å². The van der Waals surface area contributed by atoms with Crippen molar-refractivity contribution in [3.63, 3.8) is 0 Å². The van der Waals surface area contributed by atoms with E-state index < -0.39 is 53.7 Å². The lowest BCUT2D eigenvalue weighted by molar-refractivity contribution is -0.207. The van der Waals surface area contributed by atoms with Gasteiger partial charge in [-0.25, -0.2) is 0 Å². The summed E-state index contributed by atoms with van der Waals surface area (Å²) in [4.78, 5) is 61.1. The van der Waals surface area contributed by atoms with Crippen molar-refractivity contribution in [1.82, 2.24) is 0 Å². The van der Waals surface area contributed by atoms with E-state index >= 15 is 0 Å². The number of aryl methyl sites for hydroxylation is 2. The first kappa shape index (κ1) is 27.4. The number of rotatable bonds is 8. The molecule has 37 heavy (non-hydrogen) atoms. The van der Waals surface area contributed by atoms with Crippen molar-refractivity contribution in [1.29, 1.82) is 0 Å². The molecule has 1 aliphatic carbocycles. The fourth-order valence-corrected chi connectivity index (χ4v) is 4.15. The number of methoxy groups -OCH3 is 1. The predicted octanol–water partition coefficient (Wildman–Crippen LogP) is 2.52. The van der Waals surface area contributed by atoms with Crippen LogP contribution in [0.3, 0.4) is 0 Å². The first-order valence-corrected chi connectivity index (χ1v) is 11.5. The molecule has 0 saturated heterocycles. The van der Waals surface area contributed by atoms with Crippen LogP contribution in [0.1, 0.15) is 62.6 Å². The fourth-order valence-electron chi connectivity index (χ4n) is 4.15. The molecule has 3 rings (SSSR count). The van der Waals surface area contributed by atoms with E-state index in [1.165, 1.54) is 6.07 Å². The second-order valence-corrected chi connectivity index (χ2v) is 8.41. The number of esters is 4. The topological polar surface area (TPSA) is 145 Å². The Bertz CT molecular complexity index is 1230. The summed E-state index contributed by atoms with van der Waals surface area (Å²) in [5.74, 6) is -2.36. The number of carbonyl (C=O) groups excluding carboxylic acids is 4. The highest BCUT2D eigenvalue weighted by Gasteiger charge is 2.53. The molecule has 0 spiro atoms. The van der Waals surface area contributed by atoms with Crippen LogP contribution in [0, 0.1) is 0 Å². The molecule has 0 fully saturated rings. The summed E-state index contributed by atoms with van der Waals surface area (Å²) in [6, 6.07) is 8.58. The Morgan fingerprint density at radius 2 is 1.27 bits per heavy atom. The second-order valence-electron chi connectivity index (χ2n) is 8.41. The quantitative estimate of drug-likeness (QED) is 0.377. The Hall–Kier alpha value is -4.15. The summed E-state index contributed by atoms with van der Waals surface area (Å²) < 4.78 is 32.6. The molecule has 11 nitrogen and oxygen atoms in total. The summed E-state index contributed by atoms with van der Waals surface area (Å²) in [5.41, 5.74) is 0.181. The van der Waals surface area contributed by atoms with Gasteiger partial charge in [-0.2, -0.15) is 0 Å². The van der Waals surface area contributed by atoms with Crippen molar-refractivity contribution in [3.8, 4) is 5.75 Å². The van der Waals surface area contributed by atoms with Crippen LogP contribution < -0.4 is 10.2 Å². The third-order valence-electron chi connectivity index (χ3n) is 5.54. The number of hydrogen-bond donors (Lipinski definition) is 0. The highest BCUT2D eigenvalue weighted by atomic mass is 16.6. The highest BCUT2D eigenvalue weighted by Crippen LogP contribution is 2.43. The van der Waals surface area contributed by atoms with Gasteiger partial charge in [-0.15, -0.1) is 0 Å². The number of hydrogen-bond acceptors (Lipinski definition) is 11. The predicted molar refractivity (Wildman–Crippen MR) is 126 cm³/mol. The normalized spacial score (nSPS) is 20.2. The van der Waals surface area contributed by atoms with Gasteiger partial charge in [0, 0.05) is 40.2 Å². The van der Waals surface area contributed by atoms with Crippen LogP contribution in [0.2, 0.25) is 0 Å². The first-order chi connectivity index (χ1) is 17.5. The Morgan fingerprint density at radius 1 is 0.757 bits per heavy atom. The molecule has 0 unspecified atom stereocenters. The SMILES string of the molecule is COc1ccc(CCc2cc(=O)c3c(o2)[C@@H](OC(C)=O)[C@H](OC(C)=O)[C@H](OC(C)=O)[C@H]3OC(C)=O)cc1. The molecule has 198 valence electrons. The summed E-state index contributed by atoms with van der Waals surface area (Å²) in [7, 11) is 1.56. The van der Waals surface area contributed by atoms with Crippen molar-refractivity contribution >= 4 is 23.9 Å². The van der Waals surface area contributed by atoms with Gasteiger partial charge in [-0.1, -0.05) is 12.1 Å². The summed E-state index contributed by atoms with van der Waals surface area (Å²) in [6.07, 6.45) is -5.05.